The second-order valence-electron chi connectivity index (χ2n) is 9.82. The number of aliphatic hydroxyl groups excluding tert-OH is 1. The lowest BCUT2D eigenvalue weighted by molar-refractivity contribution is -0.117. The average Bonchev–Trinajstić information content (AvgIpc) is 3.60. The number of carbonyl (C=O) groups excluding carboxylic acids is 2. The predicted octanol–water partition coefficient (Wildman–Crippen LogP) is 3.18. The summed E-state index contributed by atoms with van der Waals surface area (Å²) in [6.07, 6.45) is 0.778. The Balaban J connectivity index is 1.65. The molecule has 3 heterocycles. The van der Waals surface area contributed by atoms with E-state index < -0.39 is 58.0 Å². The van der Waals surface area contributed by atoms with Crippen molar-refractivity contribution < 1.29 is 32.6 Å². The fourth-order valence-corrected chi connectivity index (χ4v) is 4.53. The molecule has 0 bridgehead atoms. The van der Waals surface area contributed by atoms with Crippen molar-refractivity contribution in [3.8, 4) is 11.4 Å². The van der Waals surface area contributed by atoms with Crippen LogP contribution in [0, 0.1) is 23.4 Å². The number of ether oxygens (including phenoxy) is 1. The Morgan fingerprint density at radius 3 is 2.43 bits per heavy atom. The molecule has 5 rings (SSSR count). The van der Waals surface area contributed by atoms with Gasteiger partial charge in [0.25, 0.3) is 0 Å². The van der Waals surface area contributed by atoms with Gasteiger partial charge in [-0.05, 0) is 44.7 Å². The maximum absolute atomic E-state index is 14.8. The summed E-state index contributed by atoms with van der Waals surface area (Å²) in [5.41, 5.74) is -2.43. The molecule has 1 atom stereocenters. The molecule has 0 radical (unpaired) electrons. The van der Waals surface area contributed by atoms with Crippen LogP contribution in [0.2, 0.25) is 0 Å². The van der Waals surface area contributed by atoms with Gasteiger partial charge in [0, 0.05) is 17.7 Å². The number of anilines is 1. The summed E-state index contributed by atoms with van der Waals surface area (Å²) in [5, 5.41) is 12.3. The number of nitrogens with one attached hydrogen (secondary N) is 1. The molecule has 37 heavy (non-hydrogen) atoms. The van der Waals surface area contributed by atoms with E-state index in [1.54, 1.807) is 0 Å². The summed E-state index contributed by atoms with van der Waals surface area (Å²) in [7, 11) is 0. The first-order valence-corrected chi connectivity index (χ1v) is 11.6. The van der Waals surface area contributed by atoms with Crippen LogP contribution in [0.4, 0.5) is 23.8 Å². The molecule has 1 saturated heterocycles. The summed E-state index contributed by atoms with van der Waals surface area (Å²) in [5.74, 6) is -4.44. The Kier molecular flexibility index (Phi) is 5.94. The predicted molar refractivity (Wildman–Crippen MR) is 126 cm³/mol. The fourth-order valence-electron chi connectivity index (χ4n) is 4.53. The highest BCUT2D eigenvalue weighted by molar-refractivity contribution is 5.96. The largest absolute Gasteiger partial charge is 0.413 e. The summed E-state index contributed by atoms with van der Waals surface area (Å²) < 4.78 is 49.4. The first kappa shape index (κ1) is 24.8. The second-order valence-corrected chi connectivity index (χ2v) is 9.82. The molecular weight excluding hydrogens is 493 g/mol. The Morgan fingerprint density at radius 2 is 1.84 bits per heavy atom. The molecule has 9 nitrogen and oxygen atoms in total. The number of hydrogen-bond acceptors (Lipinski definition) is 6. The zero-order valence-corrected chi connectivity index (χ0v) is 19.9. The van der Waals surface area contributed by atoms with Gasteiger partial charge < -0.3 is 15.2 Å². The molecule has 2 aromatic heterocycles. The van der Waals surface area contributed by atoms with E-state index in [2.05, 4.69) is 10.3 Å². The third kappa shape index (κ3) is 4.64. The zero-order chi connectivity index (χ0) is 26.6. The molecule has 0 spiro atoms. The van der Waals surface area contributed by atoms with Crippen molar-refractivity contribution in [2.45, 2.75) is 44.8 Å². The number of nitrogens with zero attached hydrogens (tertiary/aromatic N) is 3. The molecular formula is C25H23F3N4O5. The smallest absolute Gasteiger partial charge is 0.405 e. The SMILES string of the molecule is CC(C)(NC(=O)Oc1cn(-c2c(F)cc(F)cc2F)c2nc(N3C[C@@H](O)CC3=O)ccc2c1=O)C1CC1. The molecule has 2 fully saturated rings. The number of rotatable bonds is 5. The lowest BCUT2D eigenvalue weighted by atomic mass is 9.99. The first-order valence-electron chi connectivity index (χ1n) is 11.6. The van der Waals surface area contributed by atoms with Gasteiger partial charge in [0.1, 0.15) is 17.3 Å². The van der Waals surface area contributed by atoms with Gasteiger partial charge in [-0.15, -0.1) is 0 Å². The van der Waals surface area contributed by atoms with E-state index in [9.17, 15) is 32.7 Å². The van der Waals surface area contributed by atoms with Crippen LogP contribution < -0.4 is 20.4 Å². The van der Waals surface area contributed by atoms with E-state index in [-0.39, 0.29) is 35.7 Å². The number of amides is 2. The molecule has 1 saturated carbocycles. The van der Waals surface area contributed by atoms with Crippen LogP contribution in [0.1, 0.15) is 33.1 Å². The molecule has 3 aromatic rings. The lowest BCUT2D eigenvalue weighted by Crippen LogP contribution is -2.46. The first-order chi connectivity index (χ1) is 17.4. The van der Waals surface area contributed by atoms with Gasteiger partial charge in [0.2, 0.25) is 11.3 Å². The van der Waals surface area contributed by atoms with Crippen molar-refractivity contribution >= 4 is 28.9 Å². The van der Waals surface area contributed by atoms with Gasteiger partial charge in [0.15, 0.2) is 23.0 Å². The van der Waals surface area contributed by atoms with Gasteiger partial charge in [0.05, 0.1) is 30.7 Å². The van der Waals surface area contributed by atoms with Gasteiger partial charge in [-0.2, -0.15) is 0 Å². The summed E-state index contributed by atoms with van der Waals surface area (Å²) in [6, 6.07) is 3.52. The summed E-state index contributed by atoms with van der Waals surface area (Å²) in [4.78, 5) is 43.5. The van der Waals surface area contributed by atoms with E-state index in [4.69, 9.17) is 4.74 Å². The van der Waals surface area contributed by atoms with Crippen molar-refractivity contribution in [2.75, 3.05) is 11.4 Å². The van der Waals surface area contributed by atoms with E-state index in [1.807, 2.05) is 13.8 Å². The minimum atomic E-state index is -1.30. The van der Waals surface area contributed by atoms with Crippen LogP contribution in [0.15, 0.2) is 35.3 Å². The van der Waals surface area contributed by atoms with E-state index in [0.717, 1.165) is 23.6 Å². The molecule has 2 N–H and O–H groups in total. The van der Waals surface area contributed by atoms with Gasteiger partial charge in [-0.25, -0.2) is 22.9 Å². The Morgan fingerprint density at radius 1 is 1.16 bits per heavy atom. The van der Waals surface area contributed by atoms with Crippen molar-refractivity contribution in [3.63, 3.8) is 0 Å². The quantitative estimate of drug-likeness (QED) is 0.539. The molecule has 1 aliphatic heterocycles. The number of hydrogen-bond donors (Lipinski definition) is 2. The van der Waals surface area contributed by atoms with E-state index >= 15 is 0 Å². The molecule has 0 unspecified atom stereocenters. The second kappa shape index (κ2) is 8.87. The van der Waals surface area contributed by atoms with Crippen molar-refractivity contribution in [2.24, 2.45) is 5.92 Å². The summed E-state index contributed by atoms with van der Waals surface area (Å²) in [6.45, 7) is 3.57. The minimum absolute atomic E-state index is 0.0303. The number of benzene rings is 1. The van der Waals surface area contributed by atoms with Crippen LogP contribution >= 0.6 is 0 Å². The average molecular weight is 516 g/mol. The fraction of sp³-hybridized carbons (Fsp3) is 0.360. The lowest BCUT2D eigenvalue weighted by Gasteiger charge is -2.25. The third-order valence-corrected chi connectivity index (χ3v) is 6.63. The Hall–Kier alpha value is -3.93. The number of carbonyl (C=O) groups is 2. The number of aliphatic hydroxyl groups is 1. The minimum Gasteiger partial charge on any atom is -0.405 e. The van der Waals surface area contributed by atoms with E-state index in [1.165, 1.54) is 17.0 Å². The number of fused-ring (bicyclic) bond motifs is 1. The van der Waals surface area contributed by atoms with E-state index in [0.29, 0.717) is 12.1 Å². The van der Waals surface area contributed by atoms with Gasteiger partial charge in [-0.3, -0.25) is 19.1 Å². The van der Waals surface area contributed by atoms with Crippen LogP contribution in [0.3, 0.4) is 0 Å². The number of β-amino-alcohol motifs (C(OH)–C–C–N with tert-alkyl or cyclic N) is 1. The number of pyridine rings is 2. The molecule has 2 aliphatic rings. The normalized spacial score (nSPS) is 17.9. The van der Waals surface area contributed by atoms with Crippen LogP contribution in [0.5, 0.6) is 5.75 Å². The van der Waals surface area contributed by atoms with Crippen molar-refractivity contribution in [1.29, 1.82) is 0 Å². The maximum Gasteiger partial charge on any atom is 0.413 e. The van der Waals surface area contributed by atoms with Crippen molar-refractivity contribution in [3.05, 3.63) is 58.1 Å². The Bertz CT molecular complexity index is 1480. The highest BCUT2D eigenvalue weighted by atomic mass is 19.1. The topological polar surface area (TPSA) is 114 Å². The van der Waals surface area contributed by atoms with Crippen LogP contribution in [-0.2, 0) is 4.79 Å². The standard InChI is InChI=1S/C25H23F3N4O5/c1-25(2,12-3-4-12)30-24(36)37-18-11-32(21-16(27)7-13(26)8-17(21)28)23-15(22(18)35)5-6-19(29-23)31-10-14(33)9-20(31)34/h5-8,11-12,14,33H,3-4,9-10H2,1-2H3,(H,30,36)/t14-/m0/s1. The molecule has 1 aliphatic carbocycles. The molecule has 12 heteroatoms. The number of aromatic nitrogens is 2. The van der Waals surface area contributed by atoms with Crippen LogP contribution in [-0.4, -0.2) is 44.8 Å². The van der Waals surface area contributed by atoms with Crippen molar-refractivity contribution in [1.82, 2.24) is 14.9 Å². The summed E-state index contributed by atoms with van der Waals surface area (Å²) >= 11 is 0. The highest BCUT2D eigenvalue weighted by Gasteiger charge is 2.39. The highest BCUT2D eigenvalue weighted by Crippen LogP contribution is 2.39. The Labute approximate surface area is 208 Å². The monoisotopic (exact) mass is 516 g/mol. The third-order valence-electron chi connectivity index (χ3n) is 6.63. The molecule has 194 valence electrons. The molecule has 2 amide bonds. The van der Waals surface area contributed by atoms with Crippen LogP contribution in [0.25, 0.3) is 16.7 Å². The molecule has 1 aromatic carbocycles. The van der Waals surface area contributed by atoms with Gasteiger partial charge in [-0.1, -0.05) is 0 Å². The van der Waals surface area contributed by atoms with Gasteiger partial charge >= 0.3 is 6.09 Å². The zero-order valence-electron chi connectivity index (χ0n) is 19.9. The number of halogens is 3. The maximum atomic E-state index is 14.8.